The summed E-state index contributed by atoms with van der Waals surface area (Å²) in [6, 6.07) is 10.1. The van der Waals surface area contributed by atoms with E-state index >= 15 is 0 Å². The molecule has 2 atom stereocenters. The Morgan fingerprint density at radius 2 is 1.54 bits per heavy atom. The number of amides is 5. The van der Waals surface area contributed by atoms with Crippen LogP contribution in [0.25, 0.3) is 0 Å². The molecule has 380 valence electrons. The summed E-state index contributed by atoms with van der Waals surface area (Å²) in [5.41, 5.74) is 3.96. The lowest BCUT2D eigenvalue weighted by Crippen LogP contribution is -2.55. The van der Waals surface area contributed by atoms with Gasteiger partial charge in [-0.25, -0.2) is 9.97 Å². The molecule has 2 fully saturated rings. The number of rotatable bonds is 27. The summed E-state index contributed by atoms with van der Waals surface area (Å²) in [6.07, 6.45) is 14.9. The van der Waals surface area contributed by atoms with Crippen molar-refractivity contribution in [3.63, 3.8) is 0 Å². The predicted molar refractivity (Wildman–Crippen MR) is 267 cm³/mol. The third kappa shape index (κ3) is 13.7. The minimum Gasteiger partial charge on any atom is -0.496 e. The number of piperidine rings is 1. The number of nitrogens with one attached hydrogen (secondary N) is 2. The topological polar surface area (TPSA) is 199 Å². The molecule has 2 N–H and O–H groups in total. The molecule has 70 heavy (non-hydrogen) atoms. The van der Waals surface area contributed by atoms with Gasteiger partial charge in [0, 0.05) is 86.5 Å². The molecule has 1 aliphatic carbocycles. The number of hydrogen-bond acceptors (Lipinski definition) is 13. The van der Waals surface area contributed by atoms with Crippen LogP contribution >= 0.6 is 12.4 Å². The molecule has 1 saturated heterocycles. The molecule has 18 heteroatoms. The van der Waals surface area contributed by atoms with Crippen molar-refractivity contribution in [2.75, 3.05) is 68.9 Å². The van der Waals surface area contributed by atoms with Gasteiger partial charge >= 0.3 is 0 Å². The molecule has 4 heterocycles. The van der Waals surface area contributed by atoms with E-state index in [1.807, 2.05) is 12.1 Å². The minimum atomic E-state index is -0.699. The van der Waals surface area contributed by atoms with Crippen LogP contribution in [-0.2, 0) is 46.4 Å². The summed E-state index contributed by atoms with van der Waals surface area (Å²) in [6.45, 7) is 5.27. The number of benzene rings is 2. The van der Waals surface area contributed by atoms with Gasteiger partial charge in [-0.1, -0.05) is 63.6 Å². The maximum atomic E-state index is 13.3. The molecular weight excluding hydrogens is 918 g/mol. The van der Waals surface area contributed by atoms with Crippen molar-refractivity contribution in [3.8, 4) is 5.75 Å². The molecule has 1 aromatic heterocycles. The van der Waals surface area contributed by atoms with E-state index in [4.69, 9.17) is 23.9 Å². The van der Waals surface area contributed by atoms with E-state index in [-0.39, 0.29) is 67.2 Å². The first kappa shape index (κ1) is 53.9. The molecule has 2 aromatic carbocycles. The number of halogens is 1. The second-order valence-electron chi connectivity index (χ2n) is 18.4. The van der Waals surface area contributed by atoms with Crippen LogP contribution in [0.2, 0.25) is 0 Å². The average Bonchev–Trinajstić information content (AvgIpc) is 4.01. The lowest BCUT2D eigenvalue weighted by atomic mass is 10.0. The summed E-state index contributed by atoms with van der Waals surface area (Å²) < 4.78 is 22.8. The summed E-state index contributed by atoms with van der Waals surface area (Å²) >= 11 is 0. The fourth-order valence-electron chi connectivity index (χ4n) is 9.87. The van der Waals surface area contributed by atoms with Crippen molar-refractivity contribution in [3.05, 3.63) is 70.7 Å². The minimum absolute atomic E-state index is 0. The van der Waals surface area contributed by atoms with Crippen LogP contribution in [-0.4, -0.2) is 122 Å². The summed E-state index contributed by atoms with van der Waals surface area (Å²) in [5.74, 6) is 1.01. The molecule has 0 radical (unpaired) electrons. The number of imide groups is 1. The predicted octanol–water partition coefficient (Wildman–Crippen LogP) is 7.14. The van der Waals surface area contributed by atoms with E-state index in [0.29, 0.717) is 112 Å². The molecule has 0 bridgehead atoms. The van der Waals surface area contributed by atoms with E-state index in [0.717, 1.165) is 81.3 Å². The Labute approximate surface area is 417 Å². The first-order valence-corrected chi connectivity index (χ1v) is 25.0. The molecule has 4 aliphatic rings. The Hall–Kier alpha value is -5.49. The number of anilines is 3. The van der Waals surface area contributed by atoms with E-state index in [1.165, 1.54) is 4.90 Å². The Morgan fingerprint density at radius 3 is 2.26 bits per heavy atom. The molecule has 17 nitrogen and oxygen atoms in total. The standard InChI is InChI=1S/C52H69N7O10.ClH/c1-4-41-52(65)57(2)43-33-53-46(55-49(43)59(41)37-15-10-11-16-37)32-36-22-21-35(31-45(36)66-3)44(60)19-14-26-68-28-30-69-29-27-67-25-12-8-6-5-7-9-20-47(61)54-40-18-13-17-38-39(40)34-58(51(38)64)42-23-24-48(62)56-50(42)63;/h13,17-18,21-22,31,33,37,41-42H,4-12,14-16,19-20,23-30,32,34H2,1-3H3,(H,54,61)(H,56,62,63);1H/t41-,42?;/m1./s1. The molecular formula is C52H70ClN7O10. The fourth-order valence-corrected chi connectivity index (χ4v) is 9.87. The smallest absolute Gasteiger partial charge is 0.255 e. The highest BCUT2D eigenvalue weighted by Gasteiger charge is 2.42. The maximum Gasteiger partial charge on any atom is 0.255 e. The zero-order valence-corrected chi connectivity index (χ0v) is 41.8. The number of hydrogen-bond donors (Lipinski definition) is 2. The number of methoxy groups -OCH3 is 1. The number of nitrogens with zero attached hydrogens (tertiary/aromatic N) is 5. The van der Waals surface area contributed by atoms with Crippen molar-refractivity contribution >= 4 is 64.9 Å². The fraction of sp³-hybridized carbons (Fsp3) is 0.577. The van der Waals surface area contributed by atoms with Gasteiger partial charge in [-0.15, -0.1) is 12.4 Å². The Balaban J connectivity index is 0.00000804. The van der Waals surface area contributed by atoms with E-state index in [1.54, 1.807) is 49.5 Å². The third-order valence-electron chi connectivity index (χ3n) is 13.7. The van der Waals surface area contributed by atoms with Crippen molar-refractivity contribution in [1.82, 2.24) is 20.2 Å². The van der Waals surface area contributed by atoms with Gasteiger partial charge in [0.25, 0.3) is 5.91 Å². The van der Waals surface area contributed by atoms with Gasteiger partial charge in [0.15, 0.2) is 11.6 Å². The molecule has 3 aliphatic heterocycles. The SMILES string of the molecule is CC[C@@H]1C(=O)N(C)c2cnc(Cc3ccc(C(=O)CCCOCCOCCOCCCCCCCCC(=O)Nc4cccc5c4CN(C4CCC(=O)NC4=O)C5=O)cc3OC)nc2N1C1CCCC1.Cl. The molecule has 3 aromatic rings. The van der Waals surface area contributed by atoms with Gasteiger partial charge in [-0.05, 0) is 63.1 Å². The first-order chi connectivity index (χ1) is 33.6. The molecule has 1 saturated carbocycles. The zero-order valence-electron chi connectivity index (χ0n) is 41.0. The summed E-state index contributed by atoms with van der Waals surface area (Å²) in [7, 11) is 3.40. The quantitative estimate of drug-likeness (QED) is 0.0444. The van der Waals surface area contributed by atoms with E-state index in [9.17, 15) is 28.8 Å². The first-order valence-electron chi connectivity index (χ1n) is 25.0. The number of ketones is 1. The summed E-state index contributed by atoms with van der Waals surface area (Å²) in [4.78, 5) is 91.3. The van der Waals surface area contributed by atoms with Crippen LogP contribution in [0.4, 0.5) is 17.2 Å². The van der Waals surface area contributed by atoms with Crippen molar-refractivity contribution in [2.24, 2.45) is 0 Å². The van der Waals surface area contributed by atoms with Gasteiger partial charge in [-0.2, -0.15) is 0 Å². The number of aromatic nitrogens is 2. The number of unbranched alkanes of at least 4 members (excludes halogenated alkanes) is 5. The van der Waals surface area contributed by atoms with Crippen LogP contribution in [0.1, 0.15) is 147 Å². The van der Waals surface area contributed by atoms with Crippen LogP contribution in [0.15, 0.2) is 42.6 Å². The second kappa shape index (κ2) is 26.6. The van der Waals surface area contributed by atoms with Crippen LogP contribution < -0.4 is 25.2 Å². The Kier molecular flexibility index (Phi) is 20.5. The normalized spacial score (nSPS) is 17.9. The van der Waals surface area contributed by atoms with E-state index < -0.39 is 11.9 Å². The van der Waals surface area contributed by atoms with Crippen LogP contribution in [0.5, 0.6) is 5.75 Å². The third-order valence-corrected chi connectivity index (χ3v) is 13.7. The molecule has 7 rings (SSSR count). The lowest BCUT2D eigenvalue weighted by Gasteiger charge is -2.43. The Bertz CT molecular complexity index is 2310. The molecule has 5 amide bonds. The number of Topliss-reactive ketones (excluding diaryl/α,β-unsaturated/α-hetero) is 1. The van der Waals surface area contributed by atoms with Crippen molar-refractivity contribution in [1.29, 1.82) is 0 Å². The lowest BCUT2D eigenvalue weighted by molar-refractivity contribution is -0.137. The molecule has 1 unspecified atom stereocenters. The van der Waals surface area contributed by atoms with Crippen LogP contribution in [0, 0.1) is 0 Å². The van der Waals surface area contributed by atoms with Gasteiger partial charge < -0.3 is 39.0 Å². The number of carbonyl (C=O) groups excluding carboxylic acids is 6. The molecule has 0 spiro atoms. The number of fused-ring (bicyclic) bond motifs is 2. The number of likely N-dealkylation sites (N-methyl/N-ethyl adjacent to an activating group) is 1. The largest absolute Gasteiger partial charge is 0.496 e. The Morgan fingerprint density at radius 1 is 0.843 bits per heavy atom. The second-order valence-corrected chi connectivity index (χ2v) is 18.4. The highest BCUT2D eigenvalue weighted by Crippen LogP contribution is 2.40. The van der Waals surface area contributed by atoms with Crippen LogP contribution in [0.3, 0.4) is 0 Å². The monoisotopic (exact) mass is 987 g/mol. The maximum absolute atomic E-state index is 13.3. The van der Waals surface area contributed by atoms with Crippen molar-refractivity contribution < 1.29 is 47.7 Å². The average molecular weight is 989 g/mol. The van der Waals surface area contributed by atoms with Gasteiger partial charge in [0.2, 0.25) is 23.6 Å². The van der Waals surface area contributed by atoms with Crippen molar-refractivity contribution in [2.45, 2.75) is 141 Å². The van der Waals surface area contributed by atoms with Gasteiger partial charge in [0.1, 0.15) is 29.3 Å². The van der Waals surface area contributed by atoms with Gasteiger partial charge in [0.05, 0.1) is 39.7 Å². The highest BCUT2D eigenvalue weighted by molar-refractivity contribution is 6.07. The highest BCUT2D eigenvalue weighted by atomic mass is 35.5. The summed E-state index contributed by atoms with van der Waals surface area (Å²) in [5, 5.41) is 5.28. The van der Waals surface area contributed by atoms with E-state index in [2.05, 4.69) is 27.4 Å². The zero-order chi connectivity index (χ0) is 48.7. The van der Waals surface area contributed by atoms with Gasteiger partial charge in [-0.3, -0.25) is 34.1 Å². The number of carbonyl (C=O) groups is 6. The number of ether oxygens (including phenoxy) is 4.